The summed E-state index contributed by atoms with van der Waals surface area (Å²) in [5.74, 6) is 1.42. The lowest BCUT2D eigenvalue weighted by Crippen LogP contribution is -2.39. The van der Waals surface area contributed by atoms with Crippen molar-refractivity contribution in [3.63, 3.8) is 0 Å². The van der Waals surface area contributed by atoms with E-state index in [1.54, 1.807) is 7.11 Å². The first kappa shape index (κ1) is 20.1. The van der Waals surface area contributed by atoms with Crippen molar-refractivity contribution in [3.8, 4) is 5.75 Å². The monoisotopic (exact) mass is 424 g/mol. The highest BCUT2D eigenvalue weighted by Crippen LogP contribution is 2.30. The number of likely N-dealkylation sites (tertiary alicyclic amines) is 1. The molecule has 2 atom stereocenters. The van der Waals surface area contributed by atoms with Gasteiger partial charge in [0.1, 0.15) is 11.8 Å². The number of methoxy groups -OCH3 is 1. The predicted molar refractivity (Wildman–Crippen MR) is 115 cm³/mol. The van der Waals surface area contributed by atoms with E-state index in [1.165, 1.54) is 6.42 Å². The van der Waals surface area contributed by atoms with Crippen LogP contribution in [0.3, 0.4) is 0 Å². The number of hydrogen-bond acceptors (Lipinski definition) is 7. The van der Waals surface area contributed by atoms with Crippen LogP contribution >= 0.6 is 0 Å². The number of nitrogens with zero attached hydrogens (tertiary/aromatic N) is 5. The number of piperidine rings is 1. The minimum atomic E-state index is -0.299. The van der Waals surface area contributed by atoms with Crippen LogP contribution in [0.1, 0.15) is 49.5 Å². The first-order valence-corrected chi connectivity index (χ1v) is 11.1. The molecule has 1 N–H and O–H groups in total. The molecule has 2 aliphatic heterocycles. The third-order valence-electron chi connectivity index (χ3n) is 6.34. The molecule has 0 aliphatic carbocycles. The van der Waals surface area contributed by atoms with E-state index in [1.807, 2.05) is 28.9 Å². The summed E-state index contributed by atoms with van der Waals surface area (Å²) in [7, 11) is 1.62. The average Bonchev–Trinajstić information content (AvgIpc) is 3.48. The van der Waals surface area contributed by atoms with Crippen LogP contribution in [0.2, 0.25) is 0 Å². The van der Waals surface area contributed by atoms with Gasteiger partial charge in [-0.15, -0.1) is 5.10 Å². The molecule has 2 aromatic heterocycles. The van der Waals surface area contributed by atoms with Crippen molar-refractivity contribution >= 4 is 10.9 Å². The maximum Gasteiger partial charge on any atom is 0.253 e. The summed E-state index contributed by atoms with van der Waals surface area (Å²) in [6.45, 7) is 3.22. The van der Waals surface area contributed by atoms with Gasteiger partial charge in [-0.25, -0.2) is 4.68 Å². The Hall–Kier alpha value is -2.78. The Kier molecular flexibility index (Phi) is 5.69. The third kappa shape index (κ3) is 4.07. The number of nitrogens with one attached hydrogen (secondary N) is 1. The van der Waals surface area contributed by atoms with E-state index in [4.69, 9.17) is 9.47 Å². The lowest BCUT2D eigenvalue weighted by atomic mass is 10.0. The van der Waals surface area contributed by atoms with Crippen molar-refractivity contribution in [2.75, 3.05) is 26.8 Å². The molecular weight excluding hydrogens is 396 g/mol. The molecule has 4 heterocycles. The van der Waals surface area contributed by atoms with Crippen molar-refractivity contribution in [2.45, 2.75) is 50.8 Å². The quantitative estimate of drug-likeness (QED) is 0.648. The fourth-order valence-corrected chi connectivity index (χ4v) is 4.72. The van der Waals surface area contributed by atoms with E-state index in [9.17, 15) is 4.79 Å². The Morgan fingerprint density at radius 3 is 2.87 bits per heavy atom. The fourth-order valence-electron chi connectivity index (χ4n) is 4.72. The highest BCUT2D eigenvalue weighted by Gasteiger charge is 2.32. The third-order valence-corrected chi connectivity index (χ3v) is 6.34. The fraction of sp³-hybridized carbons (Fsp3) is 0.545. The normalized spacial score (nSPS) is 20.9. The zero-order valence-electron chi connectivity index (χ0n) is 17.8. The van der Waals surface area contributed by atoms with Crippen LogP contribution in [0.25, 0.3) is 10.9 Å². The zero-order chi connectivity index (χ0) is 21.2. The van der Waals surface area contributed by atoms with Crippen LogP contribution in [0.5, 0.6) is 5.75 Å². The zero-order valence-corrected chi connectivity index (χ0v) is 17.8. The van der Waals surface area contributed by atoms with Gasteiger partial charge in [0.15, 0.2) is 5.82 Å². The van der Waals surface area contributed by atoms with Gasteiger partial charge in [-0.3, -0.25) is 9.69 Å². The molecule has 0 bridgehead atoms. The summed E-state index contributed by atoms with van der Waals surface area (Å²) in [6, 6.07) is 7.39. The van der Waals surface area contributed by atoms with Crippen molar-refractivity contribution in [1.82, 2.24) is 30.1 Å². The van der Waals surface area contributed by atoms with Crippen LogP contribution in [0.15, 0.2) is 29.1 Å². The molecule has 3 aromatic rings. The Labute approximate surface area is 180 Å². The van der Waals surface area contributed by atoms with Crippen molar-refractivity contribution in [1.29, 1.82) is 0 Å². The van der Waals surface area contributed by atoms with Crippen LogP contribution in [-0.4, -0.2) is 63.0 Å². The summed E-state index contributed by atoms with van der Waals surface area (Å²) in [5, 5.41) is 13.6. The van der Waals surface area contributed by atoms with Gasteiger partial charge in [0.25, 0.3) is 5.56 Å². The molecular formula is C22H28N6O3. The summed E-state index contributed by atoms with van der Waals surface area (Å²) in [4.78, 5) is 18.6. The molecule has 1 aromatic carbocycles. The van der Waals surface area contributed by atoms with Gasteiger partial charge in [-0.05, 0) is 72.8 Å². The molecule has 164 valence electrons. The Morgan fingerprint density at radius 2 is 2.10 bits per heavy atom. The molecule has 2 unspecified atom stereocenters. The van der Waals surface area contributed by atoms with Gasteiger partial charge in [-0.2, -0.15) is 0 Å². The van der Waals surface area contributed by atoms with Crippen LogP contribution in [0.4, 0.5) is 0 Å². The molecule has 2 aliphatic rings. The summed E-state index contributed by atoms with van der Waals surface area (Å²) in [5.41, 5.74) is 1.30. The smallest absolute Gasteiger partial charge is 0.253 e. The molecule has 0 saturated carbocycles. The number of hydrogen-bond donors (Lipinski definition) is 1. The van der Waals surface area contributed by atoms with Crippen molar-refractivity contribution < 1.29 is 9.47 Å². The minimum absolute atomic E-state index is 0.117. The largest absolute Gasteiger partial charge is 0.497 e. The molecule has 0 spiro atoms. The lowest BCUT2D eigenvalue weighted by molar-refractivity contribution is 0.0902. The molecule has 0 radical (unpaired) electrons. The maximum atomic E-state index is 13.2. The summed E-state index contributed by atoms with van der Waals surface area (Å²) < 4.78 is 12.9. The molecule has 9 nitrogen and oxygen atoms in total. The lowest BCUT2D eigenvalue weighted by Gasteiger charge is -2.33. The summed E-state index contributed by atoms with van der Waals surface area (Å²) >= 11 is 0. The van der Waals surface area contributed by atoms with Gasteiger partial charge in [0.2, 0.25) is 0 Å². The van der Waals surface area contributed by atoms with Crippen LogP contribution in [-0.2, 0) is 11.3 Å². The number of fused-ring (bicyclic) bond motifs is 1. The Morgan fingerprint density at radius 1 is 1.23 bits per heavy atom. The SMILES string of the molecule is COc1ccc2cc(C(c3nnnn3CC3CCCO3)N3CCCCC3)c(=O)[nH]c2c1. The molecule has 2 saturated heterocycles. The second-order valence-corrected chi connectivity index (χ2v) is 8.36. The number of benzene rings is 1. The van der Waals surface area contributed by atoms with E-state index in [-0.39, 0.29) is 17.7 Å². The maximum absolute atomic E-state index is 13.2. The average molecular weight is 425 g/mol. The number of aromatic nitrogens is 5. The highest BCUT2D eigenvalue weighted by molar-refractivity contribution is 5.80. The standard InChI is InChI=1S/C22H28N6O3/c1-30-16-8-7-15-12-18(22(29)23-19(15)13-16)20(27-9-3-2-4-10-27)21-24-25-26-28(21)14-17-6-5-11-31-17/h7-8,12-13,17,20H,2-6,9-11,14H2,1H3,(H,23,29). The van der Waals surface area contributed by atoms with E-state index >= 15 is 0 Å². The predicted octanol–water partition coefficient (Wildman–Crippen LogP) is 2.28. The molecule has 2 fully saturated rings. The first-order valence-electron chi connectivity index (χ1n) is 11.1. The highest BCUT2D eigenvalue weighted by atomic mass is 16.5. The van der Waals surface area contributed by atoms with Gasteiger partial charge in [0, 0.05) is 18.2 Å². The van der Waals surface area contributed by atoms with Gasteiger partial charge < -0.3 is 14.5 Å². The van der Waals surface area contributed by atoms with Crippen LogP contribution < -0.4 is 10.3 Å². The number of rotatable bonds is 6. The molecule has 9 heteroatoms. The summed E-state index contributed by atoms with van der Waals surface area (Å²) in [6.07, 6.45) is 5.60. The topological polar surface area (TPSA) is 98.2 Å². The first-order chi connectivity index (χ1) is 15.2. The molecule has 5 rings (SSSR count). The van der Waals surface area contributed by atoms with E-state index < -0.39 is 0 Å². The molecule has 31 heavy (non-hydrogen) atoms. The number of ether oxygens (including phenoxy) is 2. The molecule has 0 amide bonds. The second kappa shape index (κ2) is 8.76. The van der Waals surface area contributed by atoms with E-state index in [0.717, 1.165) is 56.3 Å². The number of H-pyrrole nitrogens is 1. The van der Waals surface area contributed by atoms with Gasteiger partial charge in [0.05, 0.1) is 25.3 Å². The Bertz CT molecular complexity index is 1100. The van der Waals surface area contributed by atoms with Crippen molar-refractivity contribution in [3.05, 3.63) is 46.0 Å². The second-order valence-electron chi connectivity index (χ2n) is 8.36. The van der Waals surface area contributed by atoms with Crippen LogP contribution in [0, 0.1) is 0 Å². The van der Waals surface area contributed by atoms with Crippen molar-refractivity contribution in [2.24, 2.45) is 0 Å². The minimum Gasteiger partial charge on any atom is -0.497 e. The Balaban J connectivity index is 1.58. The number of aromatic amines is 1. The van der Waals surface area contributed by atoms with E-state index in [0.29, 0.717) is 23.7 Å². The number of tetrazole rings is 1. The van der Waals surface area contributed by atoms with Gasteiger partial charge >= 0.3 is 0 Å². The van der Waals surface area contributed by atoms with E-state index in [2.05, 4.69) is 25.4 Å². The number of pyridine rings is 1. The van der Waals surface area contributed by atoms with Gasteiger partial charge in [-0.1, -0.05) is 6.42 Å².